The van der Waals surface area contributed by atoms with E-state index in [2.05, 4.69) is 4.74 Å². The zero-order valence-electron chi connectivity index (χ0n) is 9.61. The summed E-state index contributed by atoms with van der Waals surface area (Å²) < 4.78 is 46.0. The maximum Gasteiger partial charge on any atom is 0.374 e. The first-order valence-corrected chi connectivity index (χ1v) is 5.37. The lowest BCUT2D eigenvalue weighted by Gasteiger charge is -2.01. The maximum atomic E-state index is 12.7. The Bertz CT molecular complexity index is 561. The van der Waals surface area contributed by atoms with Crippen LogP contribution in [-0.2, 0) is 4.74 Å². The number of esters is 1. The molecule has 0 radical (unpaired) electrons. The van der Waals surface area contributed by atoms with Crippen LogP contribution in [-0.4, -0.2) is 19.0 Å². The van der Waals surface area contributed by atoms with E-state index in [0.717, 1.165) is 0 Å². The zero-order chi connectivity index (χ0) is 13.8. The van der Waals surface area contributed by atoms with E-state index in [1.807, 2.05) is 0 Å². The fourth-order valence-electron chi connectivity index (χ4n) is 1.43. The second-order valence-corrected chi connectivity index (χ2v) is 3.66. The number of benzene rings is 1. The fourth-order valence-corrected chi connectivity index (χ4v) is 1.43. The zero-order valence-corrected chi connectivity index (χ0v) is 9.61. The van der Waals surface area contributed by atoms with Gasteiger partial charge in [-0.3, -0.25) is 0 Å². The topological polar surface area (TPSA) is 39.4 Å². The largest absolute Gasteiger partial charge is 0.454 e. The molecular weight excluding hydrogens is 261 g/mol. The minimum Gasteiger partial charge on any atom is -0.454 e. The lowest BCUT2D eigenvalue weighted by molar-refractivity contribution is 0.0134. The number of carbonyl (C=O) groups is 1. The summed E-state index contributed by atoms with van der Waals surface area (Å²) in [5.74, 6) is -1.22. The number of hydrogen-bond acceptors (Lipinski definition) is 3. The van der Waals surface area contributed by atoms with Crippen LogP contribution in [0.2, 0.25) is 0 Å². The Balaban J connectivity index is 2.10. The summed E-state index contributed by atoms with van der Waals surface area (Å²) in [6.07, 6.45) is -2.73. The van der Waals surface area contributed by atoms with Crippen molar-refractivity contribution < 1.29 is 27.1 Å². The van der Waals surface area contributed by atoms with Gasteiger partial charge in [0.15, 0.2) is 6.61 Å². The van der Waals surface area contributed by atoms with Gasteiger partial charge < -0.3 is 9.15 Å². The van der Waals surface area contributed by atoms with E-state index in [0.29, 0.717) is 11.3 Å². The molecule has 0 fully saturated rings. The average molecular weight is 270 g/mol. The van der Waals surface area contributed by atoms with E-state index in [1.165, 1.54) is 36.4 Å². The Labute approximate surface area is 106 Å². The van der Waals surface area contributed by atoms with E-state index < -0.39 is 24.8 Å². The molecule has 100 valence electrons. The van der Waals surface area contributed by atoms with Crippen LogP contribution >= 0.6 is 0 Å². The summed E-state index contributed by atoms with van der Waals surface area (Å²) in [5, 5.41) is 0. The highest BCUT2D eigenvalue weighted by molar-refractivity contribution is 5.87. The summed E-state index contributed by atoms with van der Waals surface area (Å²) in [6.45, 7) is -0.981. The molecule has 3 nitrogen and oxygen atoms in total. The molecule has 0 N–H and O–H groups in total. The molecule has 19 heavy (non-hydrogen) atoms. The molecule has 1 aromatic heterocycles. The van der Waals surface area contributed by atoms with Gasteiger partial charge in [0.1, 0.15) is 11.6 Å². The van der Waals surface area contributed by atoms with Gasteiger partial charge in [0.2, 0.25) is 5.76 Å². The van der Waals surface area contributed by atoms with Gasteiger partial charge in [-0.2, -0.15) is 0 Å². The number of carbonyl (C=O) groups excluding carboxylic acids is 1. The van der Waals surface area contributed by atoms with Crippen molar-refractivity contribution in [2.75, 3.05) is 6.61 Å². The third kappa shape index (κ3) is 3.37. The third-order valence-corrected chi connectivity index (χ3v) is 2.28. The molecule has 0 unspecified atom stereocenters. The normalized spacial score (nSPS) is 10.7. The van der Waals surface area contributed by atoms with Crippen LogP contribution in [0.25, 0.3) is 11.3 Å². The van der Waals surface area contributed by atoms with Crippen LogP contribution in [0.3, 0.4) is 0 Å². The SMILES string of the molecule is O=C(OCC(F)F)c1ccc(-c2ccc(F)cc2)o1. The molecule has 1 heterocycles. The monoisotopic (exact) mass is 270 g/mol. The average Bonchev–Trinajstić information content (AvgIpc) is 2.86. The van der Waals surface area contributed by atoms with Crippen LogP contribution in [0, 0.1) is 5.82 Å². The molecule has 0 spiro atoms. The summed E-state index contributed by atoms with van der Waals surface area (Å²) in [7, 11) is 0. The fraction of sp³-hybridized carbons (Fsp3) is 0.154. The van der Waals surface area contributed by atoms with Crippen molar-refractivity contribution >= 4 is 5.97 Å². The van der Waals surface area contributed by atoms with Crippen molar-refractivity contribution in [2.45, 2.75) is 6.43 Å². The first kappa shape index (κ1) is 13.2. The van der Waals surface area contributed by atoms with Crippen molar-refractivity contribution in [3.05, 3.63) is 48.0 Å². The van der Waals surface area contributed by atoms with Crippen molar-refractivity contribution in [1.82, 2.24) is 0 Å². The maximum absolute atomic E-state index is 12.7. The molecule has 1 aromatic carbocycles. The van der Waals surface area contributed by atoms with Crippen LogP contribution in [0.1, 0.15) is 10.6 Å². The molecular formula is C13H9F3O3. The number of halogens is 3. The van der Waals surface area contributed by atoms with E-state index >= 15 is 0 Å². The van der Waals surface area contributed by atoms with Crippen LogP contribution in [0.5, 0.6) is 0 Å². The molecule has 0 saturated carbocycles. The molecule has 0 aliphatic rings. The second-order valence-electron chi connectivity index (χ2n) is 3.66. The van der Waals surface area contributed by atoms with Crippen molar-refractivity contribution in [1.29, 1.82) is 0 Å². The van der Waals surface area contributed by atoms with E-state index in [4.69, 9.17) is 4.42 Å². The Morgan fingerprint density at radius 1 is 1.16 bits per heavy atom. The van der Waals surface area contributed by atoms with Crippen molar-refractivity contribution in [2.24, 2.45) is 0 Å². The van der Waals surface area contributed by atoms with Crippen molar-refractivity contribution in [3.8, 4) is 11.3 Å². The molecule has 2 rings (SSSR count). The first-order chi connectivity index (χ1) is 9.06. The number of ether oxygens (including phenoxy) is 1. The van der Waals surface area contributed by atoms with Crippen molar-refractivity contribution in [3.63, 3.8) is 0 Å². The minimum absolute atomic E-state index is 0.181. The Kier molecular flexibility index (Phi) is 3.89. The molecule has 0 aliphatic heterocycles. The highest BCUT2D eigenvalue weighted by Gasteiger charge is 2.15. The van der Waals surface area contributed by atoms with E-state index in [-0.39, 0.29) is 5.76 Å². The quantitative estimate of drug-likeness (QED) is 0.798. The summed E-state index contributed by atoms with van der Waals surface area (Å²) in [4.78, 5) is 11.3. The van der Waals surface area contributed by atoms with Crippen LogP contribution in [0.15, 0.2) is 40.8 Å². The highest BCUT2D eigenvalue weighted by atomic mass is 19.3. The van der Waals surface area contributed by atoms with Gasteiger partial charge in [-0.1, -0.05) is 0 Å². The van der Waals surface area contributed by atoms with Gasteiger partial charge in [0, 0.05) is 5.56 Å². The number of alkyl halides is 2. The molecule has 0 atom stereocenters. The van der Waals surface area contributed by atoms with Gasteiger partial charge in [0.25, 0.3) is 6.43 Å². The van der Waals surface area contributed by atoms with Gasteiger partial charge in [-0.25, -0.2) is 18.0 Å². The molecule has 2 aromatic rings. The molecule has 0 aliphatic carbocycles. The standard InChI is InChI=1S/C13H9F3O3/c14-9-3-1-8(2-4-9)10-5-6-11(19-10)13(17)18-7-12(15)16/h1-6,12H,7H2. The van der Waals surface area contributed by atoms with Crippen LogP contribution in [0.4, 0.5) is 13.2 Å². The summed E-state index contributed by atoms with van der Waals surface area (Å²) >= 11 is 0. The van der Waals surface area contributed by atoms with Gasteiger partial charge in [-0.15, -0.1) is 0 Å². The molecule has 0 bridgehead atoms. The Hall–Kier alpha value is -2.24. The van der Waals surface area contributed by atoms with Gasteiger partial charge in [-0.05, 0) is 36.4 Å². The van der Waals surface area contributed by atoms with Crippen LogP contribution < -0.4 is 0 Å². The van der Waals surface area contributed by atoms with Gasteiger partial charge in [0.05, 0.1) is 0 Å². The first-order valence-electron chi connectivity index (χ1n) is 5.37. The molecule has 0 amide bonds. The summed E-state index contributed by atoms with van der Waals surface area (Å²) in [6, 6.07) is 8.23. The lowest BCUT2D eigenvalue weighted by Crippen LogP contribution is -2.10. The number of rotatable bonds is 4. The van der Waals surface area contributed by atoms with E-state index in [9.17, 15) is 18.0 Å². The number of furan rings is 1. The Morgan fingerprint density at radius 2 is 1.84 bits per heavy atom. The highest BCUT2D eigenvalue weighted by Crippen LogP contribution is 2.22. The Morgan fingerprint density at radius 3 is 2.47 bits per heavy atom. The molecule has 0 saturated heterocycles. The number of hydrogen-bond donors (Lipinski definition) is 0. The van der Waals surface area contributed by atoms with Gasteiger partial charge >= 0.3 is 5.97 Å². The third-order valence-electron chi connectivity index (χ3n) is 2.28. The summed E-state index contributed by atoms with van der Waals surface area (Å²) in [5.41, 5.74) is 0.564. The smallest absolute Gasteiger partial charge is 0.374 e. The predicted octanol–water partition coefficient (Wildman–Crippen LogP) is 3.51. The predicted molar refractivity (Wildman–Crippen MR) is 60.4 cm³/mol. The lowest BCUT2D eigenvalue weighted by atomic mass is 10.2. The minimum atomic E-state index is -2.73. The van der Waals surface area contributed by atoms with E-state index in [1.54, 1.807) is 0 Å². The molecule has 6 heteroatoms. The second kappa shape index (κ2) is 5.60.